The molecule has 5 aromatic carbocycles. The Hall–Kier alpha value is -3.85. The van der Waals surface area contributed by atoms with Crippen molar-refractivity contribution in [2.75, 3.05) is 6.61 Å². The van der Waals surface area contributed by atoms with Crippen LogP contribution in [0.1, 0.15) is 39.5 Å². The predicted octanol–water partition coefficient (Wildman–Crippen LogP) is 8.25. The van der Waals surface area contributed by atoms with E-state index < -0.39 is 30.5 Å². The van der Waals surface area contributed by atoms with Crippen molar-refractivity contribution in [3.8, 4) is 0 Å². The van der Waals surface area contributed by atoms with Crippen LogP contribution in [-0.4, -0.2) is 36.1 Å². The van der Waals surface area contributed by atoms with Crippen molar-refractivity contribution >= 4 is 11.6 Å². The SMILES string of the molecule is OCc1cc(C2O[C@H](COCc3ccccc3)[C@@H](OCc3ccccc3)[C@H](OCc3ccccc3)[C@H]2OCc2ccccc2)ccc1Cl. The largest absolute Gasteiger partial charge is 0.392 e. The van der Waals surface area contributed by atoms with Crippen LogP contribution in [0.3, 0.4) is 0 Å². The first-order valence-electron chi connectivity index (χ1n) is 16.3. The minimum atomic E-state index is -0.576. The summed E-state index contributed by atoms with van der Waals surface area (Å²) in [7, 11) is 0. The van der Waals surface area contributed by atoms with Crippen LogP contribution in [0.5, 0.6) is 0 Å². The van der Waals surface area contributed by atoms with Gasteiger partial charge in [-0.15, -0.1) is 0 Å². The summed E-state index contributed by atoms with van der Waals surface area (Å²) in [5.41, 5.74) is 5.61. The van der Waals surface area contributed by atoms with Gasteiger partial charge in [-0.3, -0.25) is 0 Å². The lowest BCUT2D eigenvalue weighted by molar-refractivity contribution is -0.275. The predicted molar refractivity (Wildman–Crippen MR) is 186 cm³/mol. The molecule has 5 atom stereocenters. The maximum Gasteiger partial charge on any atom is 0.117 e. The average molecular weight is 665 g/mol. The molecule has 1 fully saturated rings. The van der Waals surface area contributed by atoms with Crippen LogP contribution in [0.15, 0.2) is 140 Å². The minimum absolute atomic E-state index is 0.199. The zero-order chi connectivity index (χ0) is 33.0. The monoisotopic (exact) mass is 664 g/mol. The van der Waals surface area contributed by atoms with E-state index in [1.54, 1.807) is 6.07 Å². The van der Waals surface area contributed by atoms with E-state index in [0.29, 0.717) is 37.0 Å². The number of rotatable bonds is 15. The van der Waals surface area contributed by atoms with Crippen molar-refractivity contribution in [2.24, 2.45) is 0 Å². The van der Waals surface area contributed by atoms with Gasteiger partial charge in [0.25, 0.3) is 0 Å². The fraction of sp³-hybridized carbons (Fsp3) is 0.268. The molecule has 0 amide bonds. The summed E-state index contributed by atoms with van der Waals surface area (Å²) < 4.78 is 33.6. The van der Waals surface area contributed by atoms with Gasteiger partial charge in [-0.25, -0.2) is 0 Å². The Labute approximate surface area is 287 Å². The van der Waals surface area contributed by atoms with Crippen LogP contribution < -0.4 is 0 Å². The maximum absolute atomic E-state index is 10.1. The zero-order valence-electron chi connectivity index (χ0n) is 26.8. The second kappa shape index (κ2) is 17.5. The first-order chi connectivity index (χ1) is 23.7. The summed E-state index contributed by atoms with van der Waals surface area (Å²) in [6.07, 6.45) is -2.74. The quantitative estimate of drug-likeness (QED) is 0.122. The Morgan fingerprint density at radius 2 is 1.00 bits per heavy atom. The summed E-state index contributed by atoms with van der Waals surface area (Å²) in [6, 6.07) is 45.9. The minimum Gasteiger partial charge on any atom is -0.392 e. The highest BCUT2D eigenvalue weighted by Gasteiger charge is 2.49. The van der Waals surface area contributed by atoms with Gasteiger partial charge in [0.2, 0.25) is 0 Å². The van der Waals surface area contributed by atoms with Crippen LogP contribution in [0.25, 0.3) is 0 Å². The number of benzene rings is 5. The summed E-state index contributed by atoms with van der Waals surface area (Å²) in [4.78, 5) is 0. The van der Waals surface area contributed by atoms with E-state index in [4.69, 9.17) is 35.3 Å². The maximum atomic E-state index is 10.1. The molecule has 1 unspecified atom stereocenters. The third-order valence-electron chi connectivity index (χ3n) is 8.45. The van der Waals surface area contributed by atoms with Crippen LogP contribution in [-0.2, 0) is 56.7 Å². The molecule has 0 radical (unpaired) electrons. The number of ether oxygens (including phenoxy) is 5. The standard InChI is InChI=1S/C41H41ClO6/c42-36-22-21-34(23-35(36)24-43)38-40(46-27-32-17-9-3-10-18-32)41(47-28-33-19-11-4-12-20-33)39(45-26-31-15-7-2-8-16-31)37(48-38)29-44-25-30-13-5-1-6-14-30/h1-23,37-41,43H,24-29H2/t37-,38?,39-,40+,41+/m1/s1. The first kappa shape index (κ1) is 34.0. The molecule has 0 bridgehead atoms. The van der Waals surface area contributed by atoms with Gasteiger partial charge in [0.15, 0.2) is 0 Å². The molecule has 7 heteroatoms. The summed E-state index contributed by atoms with van der Waals surface area (Å²) in [5, 5.41) is 10.6. The third kappa shape index (κ3) is 9.19. The molecule has 0 aromatic heterocycles. The van der Waals surface area contributed by atoms with E-state index in [1.165, 1.54) is 0 Å². The Morgan fingerprint density at radius 1 is 0.542 bits per heavy atom. The van der Waals surface area contributed by atoms with Gasteiger partial charge in [-0.05, 0) is 45.5 Å². The Bertz CT molecular complexity index is 1650. The number of aliphatic hydroxyl groups excluding tert-OH is 1. The fourth-order valence-electron chi connectivity index (χ4n) is 5.95. The van der Waals surface area contributed by atoms with E-state index in [1.807, 2.05) is 133 Å². The number of aliphatic hydroxyl groups is 1. The summed E-state index contributed by atoms with van der Waals surface area (Å²) >= 11 is 6.44. The summed E-state index contributed by atoms with van der Waals surface area (Å²) in [6.45, 7) is 1.56. The van der Waals surface area contributed by atoms with Gasteiger partial charge >= 0.3 is 0 Å². The highest BCUT2D eigenvalue weighted by molar-refractivity contribution is 6.31. The lowest BCUT2D eigenvalue weighted by Gasteiger charge is -2.46. The molecular weight excluding hydrogens is 624 g/mol. The Morgan fingerprint density at radius 3 is 1.50 bits per heavy atom. The van der Waals surface area contributed by atoms with E-state index in [2.05, 4.69) is 0 Å². The smallest absolute Gasteiger partial charge is 0.117 e. The lowest BCUT2D eigenvalue weighted by Crippen LogP contribution is -2.58. The summed E-state index contributed by atoms with van der Waals surface area (Å²) in [5.74, 6) is 0. The second-order valence-corrected chi connectivity index (χ2v) is 12.3. The molecule has 48 heavy (non-hydrogen) atoms. The fourth-order valence-corrected chi connectivity index (χ4v) is 6.13. The van der Waals surface area contributed by atoms with Crippen molar-refractivity contribution in [2.45, 2.75) is 63.6 Å². The Kier molecular flexibility index (Phi) is 12.4. The molecular formula is C41H41ClO6. The van der Waals surface area contributed by atoms with Crippen molar-refractivity contribution in [3.05, 3.63) is 178 Å². The molecule has 1 aliphatic heterocycles. The molecule has 1 saturated heterocycles. The van der Waals surface area contributed by atoms with E-state index in [-0.39, 0.29) is 13.2 Å². The molecule has 0 saturated carbocycles. The van der Waals surface area contributed by atoms with Crippen molar-refractivity contribution < 1.29 is 28.8 Å². The van der Waals surface area contributed by atoms with Gasteiger partial charge in [0.1, 0.15) is 30.5 Å². The molecule has 0 aliphatic carbocycles. The molecule has 6 nitrogen and oxygen atoms in total. The van der Waals surface area contributed by atoms with Gasteiger partial charge < -0.3 is 28.8 Å². The number of hydrogen-bond donors (Lipinski definition) is 1. The van der Waals surface area contributed by atoms with Crippen molar-refractivity contribution in [1.82, 2.24) is 0 Å². The van der Waals surface area contributed by atoms with Gasteiger partial charge in [-0.2, -0.15) is 0 Å². The molecule has 0 spiro atoms. The highest BCUT2D eigenvalue weighted by atomic mass is 35.5. The molecule has 1 heterocycles. The Balaban J connectivity index is 1.36. The van der Waals surface area contributed by atoms with E-state index in [0.717, 1.165) is 27.8 Å². The molecule has 248 valence electrons. The number of hydrogen-bond acceptors (Lipinski definition) is 6. The van der Waals surface area contributed by atoms with Crippen LogP contribution >= 0.6 is 11.6 Å². The molecule has 5 aromatic rings. The molecule has 1 aliphatic rings. The van der Waals surface area contributed by atoms with E-state index >= 15 is 0 Å². The third-order valence-corrected chi connectivity index (χ3v) is 8.82. The van der Waals surface area contributed by atoms with Crippen LogP contribution in [0.2, 0.25) is 5.02 Å². The molecule has 6 rings (SSSR count). The van der Waals surface area contributed by atoms with Crippen molar-refractivity contribution in [1.29, 1.82) is 0 Å². The zero-order valence-corrected chi connectivity index (χ0v) is 27.5. The lowest BCUT2D eigenvalue weighted by atomic mass is 9.89. The first-order valence-corrected chi connectivity index (χ1v) is 16.7. The van der Waals surface area contributed by atoms with Gasteiger partial charge in [0, 0.05) is 5.02 Å². The van der Waals surface area contributed by atoms with Crippen LogP contribution in [0, 0.1) is 0 Å². The van der Waals surface area contributed by atoms with Crippen LogP contribution in [0.4, 0.5) is 0 Å². The average Bonchev–Trinajstić information content (AvgIpc) is 3.14. The van der Waals surface area contributed by atoms with Gasteiger partial charge in [-0.1, -0.05) is 139 Å². The topological polar surface area (TPSA) is 66.4 Å². The molecule has 1 N–H and O–H groups in total. The highest BCUT2D eigenvalue weighted by Crippen LogP contribution is 2.39. The number of halogens is 1. The van der Waals surface area contributed by atoms with E-state index in [9.17, 15) is 5.11 Å². The van der Waals surface area contributed by atoms with Gasteiger partial charge in [0.05, 0.1) is 39.6 Å². The normalized spacial score (nSPS) is 20.8. The van der Waals surface area contributed by atoms with Crippen molar-refractivity contribution in [3.63, 3.8) is 0 Å². The second-order valence-electron chi connectivity index (χ2n) is 11.9.